The summed E-state index contributed by atoms with van der Waals surface area (Å²) in [6.07, 6.45) is 0. The first-order valence-corrected chi connectivity index (χ1v) is 12.7. The van der Waals surface area contributed by atoms with Crippen molar-refractivity contribution < 1.29 is 17.9 Å². The van der Waals surface area contributed by atoms with Gasteiger partial charge in [0.15, 0.2) is 5.96 Å². The van der Waals surface area contributed by atoms with Crippen LogP contribution in [0.5, 0.6) is 5.75 Å². The second kappa shape index (κ2) is 10.6. The van der Waals surface area contributed by atoms with Gasteiger partial charge in [-0.1, -0.05) is 41.5 Å². The number of ether oxygens (including phenoxy) is 1. The highest BCUT2D eigenvalue weighted by atomic mass is 32.2. The van der Waals surface area contributed by atoms with E-state index in [0.717, 1.165) is 11.1 Å². The van der Waals surface area contributed by atoms with Gasteiger partial charge in [0, 0.05) is 28.9 Å². The quantitative estimate of drug-likeness (QED) is 0.247. The highest BCUT2D eigenvalue weighted by molar-refractivity contribution is 7.92. The van der Waals surface area contributed by atoms with Gasteiger partial charge in [-0.15, -0.1) is 0 Å². The van der Waals surface area contributed by atoms with E-state index in [2.05, 4.69) is 15.0 Å². The number of rotatable bonds is 8. The van der Waals surface area contributed by atoms with E-state index in [4.69, 9.17) is 16.2 Å². The fraction of sp³-hybridized carbons (Fsp3) is 0.440. The molecule has 2 aromatic carbocycles. The number of sulfonamides is 1. The largest absolute Gasteiger partial charge is 0.496 e. The van der Waals surface area contributed by atoms with E-state index in [1.54, 1.807) is 43.5 Å². The van der Waals surface area contributed by atoms with Crippen molar-refractivity contribution in [3.8, 4) is 5.75 Å². The Hall–Kier alpha value is -3.27. The zero-order valence-electron chi connectivity index (χ0n) is 21.5. The summed E-state index contributed by atoms with van der Waals surface area (Å²) in [5.41, 5.74) is 12.2. The molecule has 0 fully saturated rings. The Morgan fingerprint density at radius 2 is 1.49 bits per heavy atom. The number of nitrogens with one attached hydrogen (secondary N) is 2. The van der Waals surface area contributed by atoms with Crippen LogP contribution >= 0.6 is 0 Å². The van der Waals surface area contributed by atoms with Gasteiger partial charge in [0.2, 0.25) is 0 Å². The van der Waals surface area contributed by atoms with Gasteiger partial charge in [-0.3, -0.25) is 14.5 Å². The number of amides is 1. The number of methoxy groups -OCH3 is 1. The molecule has 0 aliphatic carbocycles. The molecule has 2 rings (SSSR count). The van der Waals surface area contributed by atoms with Gasteiger partial charge in [-0.25, -0.2) is 8.42 Å². The zero-order chi connectivity index (χ0) is 26.6. The lowest BCUT2D eigenvalue weighted by Crippen LogP contribution is -2.28. The zero-order valence-corrected chi connectivity index (χ0v) is 22.3. The van der Waals surface area contributed by atoms with E-state index in [1.165, 1.54) is 0 Å². The Balaban J connectivity index is 2.33. The van der Waals surface area contributed by atoms with E-state index in [1.807, 2.05) is 41.5 Å². The van der Waals surface area contributed by atoms with Gasteiger partial charge in [-0.05, 0) is 47.2 Å². The molecule has 0 atom stereocenters. The van der Waals surface area contributed by atoms with Crippen LogP contribution in [0.1, 0.15) is 63.0 Å². The summed E-state index contributed by atoms with van der Waals surface area (Å²) in [6.45, 7) is 12.6. The van der Waals surface area contributed by atoms with Crippen molar-refractivity contribution in [2.75, 3.05) is 24.9 Å². The van der Waals surface area contributed by atoms with Crippen LogP contribution in [-0.2, 0) is 20.9 Å². The van der Waals surface area contributed by atoms with E-state index < -0.39 is 10.0 Å². The van der Waals surface area contributed by atoms with Crippen molar-refractivity contribution in [3.05, 3.63) is 53.1 Å². The topological polar surface area (TPSA) is 149 Å². The standard InChI is InChI=1S/C25H37N5O4S/c1-24(2,3)19-14-18(15-20(21(19)34-7)25(4,5)6)35(32,33)30-17-10-8-16(9-11-17)22(31)28-12-13-29-23(26)27/h8-11,14-15,30H,12-13H2,1-7H3,(H,28,31)(H4,26,27,29). The van der Waals surface area contributed by atoms with Crippen molar-refractivity contribution in [2.45, 2.75) is 57.3 Å². The third-order valence-corrected chi connectivity index (χ3v) is 6.64. The lowest BCUT2D eigenvalue weighted by Gasteiger charge is -2.29. The van der Waals surface area contributed by atoms with Crippen LogP contribution in [0.15, 0.2) is 46.3 Å². The highest BCUT2D eigenvalue weighted by Gasteiger charge is 2.30. The summed E-state index contributed by atoms with van der Waals surface area (Å²) in [7, 11) is -2.31. The molecule has 0 spiro atoms. The first-order valence-electron chi connectivity index (χ1n) is 11.3. The maximum atomic E-state index is 13.3. The molecule has 0 radical (unpaired) electrons. The Labute approximate surface area is 208 Å². The molecule has 0 saturated carbocycles. The molecular weight excluding hydrogens is 466 g/mol. The summed E-state index contributed by atoms with van der Waals surface area (Å²) in [5, 5.41) is 2.69. The number of guanidine groups is 1. The average Bonchev–Trinajstić information content (AvgIpc) is 2.74. The van der Waals surface area contributed by atoms with Gasteiger partial charge in [0.25, 0.3) is 15.9 Å². The van der Waals surface area contributed by atoms with Crippen molar-refractivity contribution in [1.82, 2.24) is 5.32 Å². The number of hydrogen-bond acceptors (Lipinski definition) is 5. The number of nitrogens with zero attached hydrogens (tertiary/aromatic N) is 1. The maximum absolute atomic E-state index is 13.3. The predicted molar refractivity (Wildman–Crippen MR) is 141 cm³/mol. The third-order valence-electron chi connectivity index (χ3n) is 5.28. The number of anilines is 1. The number of aliphatic imine (C=N–C) groups is 1. The van der Waals surface area contributed by atoms with Gasteiger partial charge in [0.05, 0.1) is 18.6 Å². The fourth-order valence-corrected chi connectivity index (χ4v) is 4.56. The summed E-state index contributed by atoms with van der Waals surface area (Å²) in [4.78, 5) is 16.2. The lowest BCUT2D eigenvalue weighted by atomic mass is 9.79. The van der Waals surface area contributed by atoms with Crippen molar-refractivity contribution in [3.63, 3.8) is 0 Å². The number of hydrogen-bond donors (Lipinski definition) is 4. The molecule has 35 heavy (non-hydrogen) atoms. The Morgan fingerprint density at radius 3 is 1.91 bits per heavy atom. The van der Waals surface area contributed by atoms with E-state index >= 15 is 0 Å². The van der Waals surface area contributed by atoms with Crippen LogP contribution in [0, 0.1) is 0 Å². The van der Waals surface area contributed by atoms with Gasteiger partial charge >= 0.3 is 0 Å². The number of carbonyl (C=O) groups is 1. The summed E-state index contributed by atoms with van der Waals surface area (Å²) in [5.74, 6) is 0.334. The van der Waals surface area contributed by atoms with Crippen molar-refractivity contribution in [2.24, 2.45) is 16.5 Å². The average molecular weight is 504 g/mol. The number of benzene rings is 2. The molecule has 6 N–H and O–H groups in total. The van der Waals surface area contributed by atoms with Gasteiger partial charge < -0.3 is 21.5 Å². The van der Waals surface area contributed by atoms with E-state index in [9.17, 15) is 13.2 Å². The molecule has 0 aliphatic heterocycles. The molecule has 0 saturated heterocycles. The minimum Gasteiger partial charge on any atom is -0.496 e. The normalized spacial score (nSPS) is 12.1. The van der Waals surface area contributed by atoms with Crippen LogP contribution in [0.2, 0.25) is 0 Å². The second-order valence-corrected chi connectivity index (χ2v) is 12.0. The second-order valence-electron chi connectivity index (χ2n) is 10.3. The molecule has 192 valence electrons. The molecule has 2 aromatic rings. The molecule has 0 bridgehead atoms. The molecule has 0 unspecified atom stereocenters. The van der Waals surface area contributed by atoms with Crippen molar-refractivity contribution in [1.29, 1.82) is 0 Å². The van der Waals surface area contributed by atoms with Gasteiger partial charge in [0.1, 0.15) is 5.75 Å². The molecular formula is C25H37N5O4S. The monoisotopic (exact) mass is 503 g/mol. The molecule has 0 aliphatic rings. The van der Waals surface area contributed by atoms with Crippen LogP contribution in [0.25, 0.3) is 0 Å². The maximum Gasteiger partial charge on any atom is 0.261 e. The fourth-order valence-electron chi connectivity index (χ4n) is 3.45. The van der Waals surface area contributed by atoms with Crippen LogP contribution in [-0.4, -0.2) is 40.5 Å². The Morgan fingerprint density at radius 1 is 0.971 bits per heavy atom. The number of carbonyl (C=O) groups excluding carboxylic acids is 1. The lowest BCUT2D eigenvalue weighted by molar-refractivity contribution is 0.0955. The van der Waals surface area contributed by atoms with Crippen LogP contribution in [0.4, 0.5) is 5.69 Å². The van der Waals surface area contributed by atoms with Crippen LogP contribution in [0.3, 0.4) is 0 Å². The van der Waals surface area contributed by atoms with Crippen LogP contribution < -0.4 is 26.2 Å². The SMILES string of the molecule is COc1c(C(C)(C)C)cc(S(=O)(=O)Nc2ccc(C(=O)NCCN=C(N)N)cc2)cc1C(C)(C)C. The minimum atomic E-state index is -3.91. The summed E-state index contributed by atoms with van der Waals surface area (Å²) >= 11 is 0. The Bertz CT molecular complexity index is 1150. The summed E-state index contributed by atoms with van der Waals surface area (Å²) < 4.78 is 35.0. The molecule has 10 heteroatoms. The van der Waals surface area contributed by atoms with Gasteiger partial charge in [-0.2, -0.15) is 0 Å². The van der Waals surface area contributed by atoms with E-state index in [-0.39, 0.29) is 40.7 Å². The first-order chi connectivity index (χ1) is 16.1. The first kappa shape index (κ1) is 28.0. The summed E-state index contributed by atoms with van der Waals surface area (Å²) in [6, 6.07) is 9.50. The minimum absolute atomic E-state index is 0.0445. The van der Waals surface area contributed by atoms with Crippen molar-refractivity contribution >= 4 is 27.6 Å². The van der Waals surface area contributed by atoms with E-state index in [0.29, 0.717) is 17.0 Å². The number of nitrogens with two attached hydrogens (primary N) is 2. The molecule has 0 aromatic heterocycles. The predicted octanol–water partition coefficient (Wildman–Crippen LogP) is 3.09. The molecule has 0 heterocycles. The molecule has 1 amide bonds. The smallest absolute Gasteiger partial charge is 0.261 e. The third kappa shape index (κ3) is 7.35. The Kier molecular flexibility index (Phi) is 8.43. The molecule has 9 nitrogen and oxygen atoms in total. The highest BCUT2D eigenvalue weighted by Crippen LogP contribution is 2.41.